The number of carbonyl (C=O) groups is 3. The molecule has 3 saturated heterocycles. The molecule has 2 unspecified atom stereocenters. The van der Waals surface area contributed by atoms with Gasteiger partial charge in [0.05, 0.1) is 24.2 Å². The van der Waals surface area contributed by atoms with Crippen molar-refractivity contribution in [2.45, 2.75) is 76.7 Å². The molecule has 3 heterocycles. The van der Waals surface area contributed by atoms with Gasteiger partial charge >= 0.3 is 5.97 Å². The molecule has 0 saturated carbocycles. The van der Waals surface area contributed by atoms with Gasteiger partial charge in [0.1, 0.15) is 24.2 Å². The normalized spacial score (nSPS) is 30.2. The summed E-state index contributed by atoms with van der Waals surface area (Å²) in [5.74, 6) is -2.84. The Morgan fingerprint density at radius 3 is 2.47 bits per heavy atom. The Morgan fingerprint density at radius 1 is 1.24 bits per heavy atom. The molecular weight excluding hydrogens is 484 g/mol. The van der Waals surface area contributed by atoms with Gasteiger partial charge < -0.3 is 24.4 Å². The van der Waals surface area contributed by atoms with Crippen LogP contribution >= 0.6 is 0 Å². The molecule has 8 nitrogen and oxygen atoms in total. The van der Waals surface area contributed by atoms with Crippen LogP contribution < -0.4 is 4.90 Å². The summed E-state index contributed by atoms with van der Waals surface area (Å²) in [4.78, 5) is 45.5. The number of aryl methyl sites for hydroxylation is 2. The second-order valence-corrected chi connectivity index (χ2v) is 10.7. The number of esters is 1. The van der Waals surface area contributed by atoms with Gasteiger partial charge in [0.15, 0.2) is 0 Å². The monoisotopic (exact) mass is 524 g/mol. The summed E-state index contributed by atoms with van der Waals surface area (Å²) in [5, 5.41) is 10.3. The largest absolute Gasteiger partial charge is 0.461 e. The lowest BCUT2D eigenvalue weighted by Crippen LogP contribution is -2.59. The van der Waals surface area contributed by atoms with Gasteiger partial charge in [-0.25, -0.2) is 0 Å². The maximum atomic E-state index is 14.7. The highest BCUT2D eigenvalue weighted by molar-refractivity contribution is 6.05. The Kier molecular flexibility index (Phi) is 7.86. The lowest BCUT2D eigenvalue weighted by atomic mass is 9.65. The molecule has 1 aromatic rings. The van der Waals surface area contributed by atoms with Crippen LogP contribution in [0.15, 0.2) is 43.5 Å². The minimum absolute atomic E-state index is 0.0308. The van der Waals surface area contributed by atoms with Crippen molar-refractivity contribution in [3.63, 3.8) is 0 Å². The number of aliphatic hydroxyl groups is 1. The molecule has 3 aliphatic rings. The fraction of sp³-hybridized carbons (Fsp3) is 0.567. The predicted molar refractivity (Wildman–Crippen MR) is 144 cm³/mol. The van der Waals surface area contributed by atoms with E-state index in [2.05, 4.69) is 13.2 Å². The highest BCUT2D eigenvalue weighted by atomic mass is 16.6. The van der Waals surface area contributed by atoms with Crippen molar-refractivity contribution in [1.29, 1.82) is 0 Å². The standard InChI is InChI=1S/C30H40N2O6/c1-7-16-31(24-19(5)12-11-13-20(24)6)27(35)25-30-15-14-29(10-4,38-30)23(28(36)37-17-8-2)22(30)26(34)32(25)21(9-3)18-33/h7-8,11-13,21-23,25,33H,1-2,9-10,14-18H2,3-6H3/t21-,22-,23-,25?,29+,30?/m0/s1. The third-order valence-corrected chi connectivity index (χ3v) is 8.81. The predicted octanol–water partition coefficient (Wildman–Crippen LogP) is 3.48. The van der Waals surface area contributed by atoms with Crippen molar-refractivity contribution < 1.29 is 29.0 Å². The van der Waals surface area contributed by atoms with E-state index in [9.17, 15) is 19.5 Å². The number of anilines is 1. The number of fused-ring (bicyclic) bond motifs is 1. The molecule has 1 N–H and O–H groups in total. The molecule has 0 aliphatic carbocycles. The van der Waals surface area contributed by atoms with Gasteiger partial charge in [0.25, 0.3) is 5.91 Å². The van der Waals surface area contributed by atoms with Gasteiger partial charge in [-0.1, -0.05) is 50.8 Å². The third kappa shape index (κ3) is 4.00. The number of likely N-dealkylation sites (tertiary alicyclic amines) is 1. The molecule has 4 rings (SSSR count). The number of hydrogen-bond donors (Lipinski definition) is 1. The molecule has 38 heavy (non-hydrogen) atoms. The minimum atomic E-state index is -1.19. The number of ether oxygens (including phenoxy) is 2. The lowest BCUT2D eigenvalue weighted by molar-refractivity contribution is -0.161. The van der Waals surface area contributed by atoms with E-state index in [1.54, 1.807) is 11.0 Å². The van der Waals surface area contributed by atoms with Crippen LogP contribution in [-0.4, -0.2) is 70.8 Å². The molecule has 2 amide bonds. The average Bonchev–Trinajstić information content (AvgIpc) is 3.51. The molecule has 1 aromatic carbocycles. The first-order valence-electron chi connectivity index (χ1n) is 13.6. The zero-order valence-corrected chi connectivity index (χ0v) is 22.9. The van der Waals surface area contributed by atoms with Crippen LogP contribution in [0.3, 0.4) is 0 Å². The number of hydrogen-bond acceptors (Lipinski definition) is 6. The summed E-state index contributed by atoms with van der Waals surface area (Å²) >= 11 is 0. The number of para-hydroxylation sites is 1. The van der Waals surface area contributed by atoms with Crippen molar-refractivity contribution in [3.05, 3.63) is 54.6 Å². The van der Waals surface area contributed by atoms with Crippen molar-refractivity contribution in [2.24, 2.45) is 11.8 Å². The van der Waals surface area contributed by atoms with Crippen molar-refractivity contribution in [1.82, 2.24) is 4.90 Å². The quantitative estimate of drug-likeness (QED) is 0.352. The van der Waals surface area contributed by atoms with Gasteiger partial charge in [-0.15, -0.1) is 6.58 Å². The van der Waals surface area contributed by atoms with Crippen molar-refractivity contribution in [2.75, 3.05) is 24.7 Å². The van der Waals surface area contributed by atoms with Gasteiger partial charge in [-0.05, 0) is 50.7 Å². The minimum Gasteiger partial charge on any atom is -0.461 e. The van der Waals surface area contributed by atoms with E-state index in [4.69, 9.17) is 9.47 Å². The summed E-state index contributed by atoms with van der Waals surface area (Å²) in [6.07, 6.45) is 5.12. The lowest BCUT2D eigenvalue weighted by Gasteiger charge is -2.40. The maximum Gasteiger partial charge on any atom is 0.313 e. The fourth-order valence-electron chi connectivity index (χ4n) is 7.13. The molecule has 3 fully saturated rings. The molecule has 1 spiro atoms. The first kappa shape index (κ1) is 28.0. The van der Waals surface area contributed by atoms with Crippen LogP contribution in [-0.2, 0) is 23.9 Å². The van der Waals surface area contributed by atoms with E-state index in [1.165, 1.54) is 11.0 Å². The van der Waals surface area contributed by atoms with E-state index < -0.39 is 41.1 Å². The van der Waals surface area contributed by atoms with Crippen molar-refractivity contribution >= 4 is 23.5 Å². The summed E-state index contributed by atoms with van der Waals surface area (Å²) < 4.78 is 12.3. The summed E-state index contributed by atoms with van der Waals surface area (Å²) in [5.41, 5.74) is 0.534. The Bertz CT molecular complexity index is 1110. The van der Waals surface area contributed by atoms with Gasteiger partial charge in [-0.3, -0.25) is 14.4 Å². The second-order valence-electron chi connectivity index (χ2n) is 10.7. The Labute approximate surface area is 225 Å². The molecule has 8 heteroatoms. The summed E-state index contributed by atoms with van der Waals surface area (Å²) in [7, 11) is 0. The molecule has 0 radical (unpaired) electrons. The van der Waals surface area contributed by atoms with E-state index in [1.807, 2.05) is 45.9 Å². The fourth-order valence-corrected chi connectivity index (χ4v) is 7.13. The van der Waals surface area contributed by atoms with Crippen LogP contribution in [0.2, 0.25) is 0 Å². The van der Waals surface area contributed by atoms with Crippen LogP contribution in [0.25, 0.3) is 0 Å². The molecule has 2 bridgehead atoms. The topological polar surface area (TPSA) is 96.4 Å². The molecule has 3 aliphatic heterocycles. The number of rotatable bonds is 11. The number of amides is 2. The van der Waals surface area contributed by atoms with Crippen molar-refractivity contribution in [3.8, 4) is 0 Å². The smallest absolute Gasteiger partial charge is 0.313 e. The third-order valence-electron chi connectivity index (χ3n) is 8.81. The average molecular weight is 525 g/mol. The zero-order chi connectivity index (χ0) is 27.8. The number of aliphatic hydroxyl groups excluding tert-OH is 1. The highest BCUT2D eigenvalue weighted by Gasteiger charge is 2.79. The Morgan fingerprint density at radius 2 is 1.92 bits per heavy atom. The van der Waals surface area contributed by atoms with Crippen LogP contribution in [0, 0.1) is 25.7 Å². The van der Waals surface area contributed by atoms with E-state index in [0.717, 1.165) is 16.8 Å². The summed E-state index contributed by atoms with van der Waals surface area (Å²) in [6, 6.07) is 4.24. The summed E-state index contributed by atoms with van der Waals surface area (Å²) in [6.45, 7) is 15.2. The number of nitrogens with zero attached hydrogens (tertiary/aromatic N) is 2. The molecule has 206 valence electrons. The molecule has 6 atom stereocenters. The second kappa shape index (κ2) is 10.7. The van der Waals surface area contributed by atoms with Crippen LogP contribution in [0.1, 0.15) is 50.7 Å². The first-order valence-corrected chi connectivity index (χ1v) is 13.6. The van der Waals surface area contributed by atoms with Crippen LogP contribution in [0.4, 0.5) is 5.69 Å². The Hall–Kier alpha value is -2.97. The van der Waals surface area contributed by atoms with E-state index in [-0.39, 0.29) is 31.6 Å². The molecular formula is C30H40N2O6. The van der Waals surface area contributed by atoms with Gasteiger partial charge in [-0.2, -0.15) is 0 Å². The number of carbonyl (C=O) groups excluding carboxylic acids is 3. The molecule has 0 aromatic heterocycles. The zero-order valence-electron chi connectivity index (χ0n) is 22.9. The Balaban J connectivity index is 1.88. The number of benzene rings is 1. The first-order chi connectivity index (χ1) is 18.2. The van der Waals surface area contributed by atoms with Gasteiger partial charge in [0, 0.05) is 12.2 Å². The SMILES string of the molecule is C=CCOC(=O)[C@@H]1[C@H]2C(=O)N([C@@H](CC)CO)C(C(=O)N(CC=C)c3c(C)cccc3C)C23CC[C@@]1(CC)O3. The maximum absolute atomic E-state index is 14.7. The van der Waals surface area contributed by atoms with Crippen LogP contribution in [0.5, 0.6) is 0 Å². The van der Waals surface area contributed by atoms with E-state index in [0.29, 0.717) is 25.7 Å². The van der Waals surface area contributed by atoms with Gasteiger partial charge in [0.2, 0.25) is 5.91 Å². The highest BCUT2D eigenvalue weighted by Crippen LogP contribution is 2.65. The van der Waals surface area contributed by atoms with E-state index >= 15 is 0 Å².